The van der Waals surface area contributed by atoms with Gasteiger partial charge >= 0.3 is 0 Å². The zero-order valence-corrected chi connectivity index (χ0v) is 7.57. The maximum Gasteiger partial charge on any atom is 0.295 e. The number of hydrogen-bond donors (Lipinski definition) is 5. The average Bonchev–Trinajstić information content (AvgIpc) is 2.06. The van der Waals surface area contributed by atoms with Crippen molar-refractivity contribution in [2.24, 2.45) is 0 Å². The number of aliphatic hydroxyl groups is 4. The molecule has 0 aromatic carbocycles. The molecular weight excluding hydrogens is 220 g/mol. The molecule has 84 valence electrons. The second-order valence-electron chi connectivity index (χ2n) is 2.88. The Balaban J connectivity index is 2.92. The van der Waals surface area contributed by atoms with Crippen LogP contribution in [0.25, 0.3) is 0 Å². The van der Waals surface area contributed by atoms with Crippen LogP contribution in [0.1, 0.15) is 0 Å². The molecule has 1 aliphatic heterocycles. The monoisotopic (exact) mass is 230 g/mol. The minimum absolute atomic E-state index is 1.83. The molecular formula is C5H10O8S. The highest BCUT2D eigenvalue weighted by atomic mass is 32.2. The van der Waals surface area contributed by atoms with E-state index in [4.69, 9.17) is 25.0 Å². The summed E-state index contributed by atoms with van der Waals surface area (Å²) in [5.74, 6) is 0. The van der Waals surface area contributed by atoms with Crippen molar-refractivity contribution in [2.75, 3.05) is 0 Å². The Morgan fingerprint density at radius 3 is 1.86 bits per heavy atom. The van der Waals surface area contributed by atoms with Crippen LogP contribution in [0.5, 0.6) is 0 Å². The molecule has 0 amide bonds. The third kappa shape index (κ3) is 2.03. The van der Waals surface area contributed by atoms with Crippen molar-refractivity contribution in [3.63, 3.8) is 0 Å². The van der Waals surface area contributed by atoms with Crippen LogP contribution in [0, 0.1) is 0 Å². The van der Waals surface area contributed by atoms with Crippen LogP contribution in [-0.2, 0) is 14.9 Å². The van der Waals surface area contributed by atoms with Crippen molar-refractivity contribution >= 4 is 10.1 Å². The Labute approximate surface area is 79.1 Å². The molecule has 1 fully saturated rings. The van der Waals surface area contributed by atoms with Crippen molar-refractivity contribution in [1.82, 2.24) is 0 Å². The zero-order valence-electron chi connectivity index (χ0n) is 6.76. The lowest BCUT2D eigenvalue weighted by Gasteiger charge is -2.36. The Morgan fingerprint density at radius 2 is 1.43 bits per heavy atom. The van der Waals surface area contributed by atoms with Crippen LogP contribution < -0.4 is 0 Å². The lowest BCUT2D eigenvalue weighted by Crippen LogP contribution is -2.59. The van der Waals surface area contributed by atoms with Crippen molar-refractivity contribution in [2.45, 2.75) is 30.0 Å². The molecule has 0 aromatic heterocycles. The van der Waals surface area contributed by atoms with Gasteiger partial charge in [-0.25, -0.2) is 0 Å². The quantitative estimate of drug-likeness (QED) is 0.293. The van der Waals surface area contributed by atoms with E-state index < -0.39 is 40.2 Å². The first kappa shape index (κ1) is 11.8. The number of rotatable bonds is 1. The van der Waals surface area contributed by atoms with Gasteiger partial charge in [-0.2, -0.15) is 8.42 Å². The molecule has 1 aliphatic rings. The van der Waals surface area contributed by atoms with E-state index in [1.54, 1.807) is 0 Å². The fraction of sp³-hybridized carbons (Fsp3) is 1.00. The Kier molecular flexibility index (Phi) is 3.11. The standard InChI is InChI=1S/C5H10O8S/c6-1-2(7)4(9)13-5(3(1)8)14(10,11)12/h1-9H,(H,10,11,12)/t1-,2-,3+,4-,5?/m1/s1. The second kappa shape index (κ2) is 3.70. The molecule has 1 unspecified atom stereocenters. The van der Waals surface area contributed by atoms with E-state index in [1.807, 2.05) is 0 Å². The topological polar surface area (TPSA) is 145 Å². The summed E-state index contributed by atoms with van der Waals surface area (Å²) in [6, 6.07) is 0. The summed E-state index contributed by atoms with van der Waals surface area (Å²) >= 11 is 0. The summed E-state index contributed by atoms with van der Waals surface area (Å²) in [5, 5.41) is 35.9. The molecule has 14 heavy (non-hydrogen) atoms. The van der Waals surface area contributed by atoms with Gasteiger partial charge in [0.2, 0.25) is 5.44 Å². The molecule has 0 radical (unpaired) electrons. The molecule has 8 nitrogen and oxygen atoms in total. The minimum atomic E-state index is -4.77. The predicted molar refractivity (Wildman–Crippen MR) is 40.4 cm³/mol. The van der Waals surface area contributed by atoms with E-state index in [9.17, 15) is 8.42 Å². The Bertz CT molecular complexity index is 299. The summed E-state index contributed by atoms with van der Waals surface area (Å²) in [5.41, 5.74) is -2.17. The van der Waals surface area contributed by atoms with Crippen molar-refractivity contribution in [3.8, 4) is 0 Å². The lowest BCUT2D eigenvalue weighted by molar-refractivity contribution is -0.264. The summed E-state index contributed by atoms with van der Waals surface area (Å²) in [6.45, 7) is 0. The first-order chi connectivity index (χ1) is 6.25. The van der Waals surface area contributed by atoms with Gasteiger partial charge in [0.15, 0.2) is 6.29 Å². The summed E-state index contributed by atoms with van der Waals surface area (Å²) < 4.78 is 33.8. The number of aliphatic hydroxyl groups excluding tert-OH is 4. The normalized spacial score (nSPS) is 45.1. The molecule has 0 aromatic rings. The van der Waals surface area contributed by atoms with E-state index in [2.05, 4.69) is 4.74 Å². The van der Waals surface area contributed by atoms with Crippen molar-refractivity contribution < 1.29 is 38.1 Å². The van der Waals surface area contributed by atoms with Crippen LogP contribution >= 0.6 is 0 Å². The van der Waals surface area contributed by atoms with Crippen molar-refractivity contribution in [3.05, 3.63) is 0 Å². The number of hydrogen-bond acceptors (Lipinski definition) is 7. The van der Waals surface area contributed by atoms with Gasteiger partial charge in [-0.05, 0) is 0 Å². The molecule has 0 saturated carbocycles. The summed E-state index contributed by atoms with van der Waals surface area (Å²) in [7, 11) is -4.77. The van der Waals surface area contributed by atoms with E-state index in [0.717, 1.165) is 0 Å². The second-order valence-corrected chi connectivity index (χ2v) is 4.38. The first-order valence-electron chi connectivity index (χ1n) is 3.59. The Hall–Kier alpha value is -0.290. The van der Waals surface area contributed by atoms with Crippen LogP contribution in [0.3, 0.4) is 0 Å². The third-order valence-electron chi connectivity index (χ3n) is 1.84. The molecule has 9 heteroatoms. The van der Waals surface area contributed by atoms with Crippen molar-refractivity contribution in [1.29, 1.82) is 0 Å². The number of ether oxygens (including phenoxy) is 1. The smallest absolute Gasteiger partial charge is 0.295 e. The molecule has 5 N–H and O–H groups in total. The summed E-state index contributed by atoms with van der Waals surface area (Å²) in [4.78, 5) is 0. The molecule has 1 heterocycles. The van der Waals surface area contributed by atoms with E-state index >= 15 is 0 Å². The fourth-order valence-electron chi connectivity index (χ4n) is 1.08. The zero-order chi connectivity index (χ0) is 11.1. The maximum absolute atomic E-state index is 10.6. The first-order valence-corrected chi connectivity index (χ1v) is 5.09. The van der Waals surface area contributed by atoms with E-state index in [0.29, 0.717) is 0 Å². The van der Waals surface area contributed by atoms with Gasteiger partial charge in [-0.1, -0.05) is 0 Å². The van der Waals surface area contributed by atoms with Gasteiger partial charge in [-0.3, -0.25) is 4.55 Å². The van der Waals surface area contributed by atoms with E-state index in [-0.39, 0.29) is 0 Å². The van der Waals surface area contributed by atoms with Gasteiger partial charge in [0.05, 0.1) is 0 Å². The minimum Gasteiger partial charge on any atom is -0.387 e. The summed E-state index contributed by atoms with van der Waals surface area (Å²) in [6.07, 6.45) is -7.75. The highest BCUT2D eigenvalue weighted by Gasteiger charge is 2.48. The van der Waals surface area contributed by atoms with Crippen LogP contribution in [0.15, 0.2) is 0 Å². The molecule has 1 rings (SSSR count). The molecule has 0 spiro atoms. The molecule has 0 bridgehead atoms. The molecule has 1 saturated heterocycles. The van der Waals surface area contributed by atoms with Crippen LogP contribution in [0.4, 0.5) is 0 Å². The van der Waals surface area contributed by atoms with Crippen LogP contribution in [-0.4, -0.2) is 63.4 Å². The predicted octanol–water partition coefficient (Wildman–Crippen LogP) is -3.37. The van der Waals surface area contributed by atoms with Gasteiger partial charge in [-0.15, -0.1) is 0 Å². The SMILES string of the molecule is O=S(=O)(O)C1O[C@@H](O)[C@H](O)[C@@H](O)[C@@H]1O. The lowest BCUT2D eigenvalue weighted by atomic mass is 10.1. The third-order valence-corrected chi connectivity index (χ3v) is 2.82. The molecule has 0 aliphatic carbocycles. The fourth-order valence-corrected chi connectivity index (χ4v) is 1.84. The Morgan fingerprint density at radius 1 is 0.929 bits per heavy atom. The highest BCUT2D eigenvalue weighted by molar-refractivity contribution is 7.86. The maximum atomic E-state index is 10.6. The van der Waals surface area contributed by atoms with Gasteiger partial charge in [0.1, 0.15) is 18.3 Å². The van der Waals surface area contributed by atoms with Gasteiger partial charge < -0.3 is 25.2 Å². The largest absolute Gasteiger partial charge is 0.387 e. The van der Waals surface area contributed by atoms with E-state index in [1.165, 1.54) is 0 Å². The average molecular weight is 230 g/mol. The van der Waals surface area contributed by atoms with Gasteiger partial charge in [0.25, 0.3) is 10.1 Å². The molecule has 5 atom stereocenters. The van der Waals surface area contributed by atoms with Crippen LogP contribution in [0.2, 0.25) is 0 Å². The highest BCUT2D eigenvalue weighted by Crippen LogP contribution is 2.22. The van der Waals surface area contributed by atoms with Gasteiger partial charge in [0, 0.05) is 0 Å².